The van der Waals surface area contributed by atoms with Crippen molar-refractivity contribution in [2.75, 3.05) is 7.11 Å². The Bertz CT molecular complexity index is 428. The molecule has 0 radical (unpaired) electrons. The second kappa shape index (κ2) is 4.50. The minimum Gasteiger partial charge on any atom is -0.486 e. The van der Waals surface area contributed by atoms with Crippen molar-refractivity contribution in [3.8, 4) is 11.8 Å². The summed E-state index contributed by atoms with van der Waals surface area (Å²) in [5.74, 6) is 0.388. The van der Waals surface area contributed by atoms with Crippen molar-refractivity contribution in [1.29, 1.82) is 5.26 Å². The predicted octanol–water partition coefficient (Wildman–Crippen LogP) is 2.06. The van der Waals surface area contributed by atoms with Gasteiger partial charge < -0.3 is 9.47 Å². The van der Waals surface area contributed by atoms with E-state index in [1.165, 1.54) is 19.2 Å². The lowest BCUT2D eigenvalue weighted by Gasteiger charge is -2.28. The fourth-order valence-corrected chi connectivity index (χ4v) is 1.88. The molecular formula is C12H12FNO2. The van der Waals surface area contributed by atoms with Crippen LogP contribution in [0.2, 0.25) is 0 Å². The van der Waals surface area contributed by atoms with Gasteiger partial charge in [0.15, 0.2) is 6.10 Å². The molecule has 0 aliphatic carbocycles. The average Bonchev–Trinajstić information content (AvgIpc) is 2.31. The number of halogens is 1. The smallest absolute Gasteiger partial charge is 0.180 e. The molecular weight excluding hydrogens is 209 g/mol. The van der Waals surface area contributed by atoms with E-state index in [2.05, 4.69) is 0 Å². The quantitative estimate of drug-likeness (QED) is 0.767. The zero-order valence-corrected chi connectivity index (χ0v) is 8.94. The van der Waals surface area contributed by atoms with Gasteiger partial charge in [-0.1, -0.05) is 0 Å². The minimum atomic E-state index is -0.571. The first kappa shape index (κ1) is 10.9. The molecule has 16 heavy (non-hydrogen) atoms. The Morgan fingerprint density at radius 1 is 1.62 bits per heavy atom. The lowest BCUT2D eigenvalue weighted by atomic mass is 9.99. The zero-order chi connectivity index (χ0) is 11.5. The fourth-order valence-electron chi connectivity index (χ4n) is 1.88. The summed E-state index contributed by atoms with van der Waals surface area (Å²) in [5.41, 5.74) is 0.851. The van der Waals surface area contributed by atoms with Crippen molar-refractivity contribution in [2.45, 2.75) is 25.0 Å². The lowest BCUT2D eigenvalue weighted by molar-refractivity contribution is 0.0254. The number of ether oxygens (including phenoxy) is 2. The van der Waals surface area contributed by atoms with E-state index in [4.69, 9.17) is 14.7 Å². The molecule has 0 spiro atoms. The highest BCUT2D eigenvalue weighted by atomic mass is 19.1. The maximum Gasteiger partial charge on any atom is 0.180 e. The van der Waals surface area contributed by atoms with E-state index in [1.54, 1.807) is 6.07 Å². The summed E-state index contributed by atoms with van der Waals surface area (Å²) in [6.45, 7) is 0. The van der Waals surface area contributed by atoms with Crippen molar-refractivity contribution < 1.29 is 13.9 Å². The second-order valence-corrected chi connectivity index (χ2v) is 3.73. The predicted molar refractivity (Wildman–Crippen MR) is 55.5 cm³/mol. The topological polar surface area (TPSA) is 42.2 Å². The number of fused-ring (bicyclic) bond motifs is 1. The highest BCUT2D eigenvalue weighted by molar-refractivity contribution is 5.36. The molecule has 1 aromatic carbocycles. The summed E-state index contributed by atoms with van der Waals surface area (Å²) >= 11 is 0. The summed E-state index contributed by atoms with van der Waals surface area (Å²) in [5, 5.41) is 8.86. The number of benzene rings is 1. The molecule has 84 valence electrons. The van der Waals surface area contributed by atoms with E-state index in [0.717, 1.165) is 5.56 Å². The molecule has 0 fully saturated rings. The first-order valence-corrected chi connectivity index (χ1v) is 5.12. The Labute approximate surface area is 93.4 Å². The van der Waals surface area contributed by atoms with E-state index in [0.29, 0.717) is 18.6 Å². The Balaban J connectivity index is 2.18. The van der Waals surface area contributed by atoms with Crippen LogP contribution >= 0.6 is 0 Å². The molecule has 1 aliphatic heterocycles. The van der Waals surface area contributed by atoms with E-state index < -0.39 is 6.10 Å². The van der Waals surface area contributed by atoms with Gasteiger partial charge in [-0.3, -0.25) is 0 Å². The van der Waals surface area contributed by atoms with Crippen molar-refractivity contribution in [3.63, 3.8) is 0 Å². The molecule has 0 N–H and O–H groups in total. The largest absolute Gasteiger partial charge is 0.486 e. The Morgan fingerprint density at radius 3 is 3.12 bits per heavy atom. The monoisotopic (exact) mass is 221 g/mol. The molecule has 0 bridgehead atoms. The van der Waals surface area contributed by atoms with Gasteiger partial charge in [0.2, 0.25) is 0 Å². The van der Waals surface area contributed by atoms with Gasteiger partial charge in [-0.2, -0.15) is 5.26 Å². The number of methoxy groups -OCH3 is 1. The SMILES string of the molecule is CO[C@H](C#N)[C@H]1CCc2cc(F)ccc2O1. The number of hydrogen-bond acceptors (Lipinski definition) is 3. The summed E-state index contributed by atoms with van der Waals surface area (Å²) in [4.78, 5) is 0. The molecule has 3 nitrogen and oxygen atoms in total. The highest BCUT2D eigenvalue weighted by Crippen LogP contribution is 2.29. The van der Waals surface area contributed by atoms with Crippen LogP contribution < -0.4 is 4.74 Å². The third kappa shape index (κ3) is 2.00. The van der Waals surface area contributed by atoms with Gasteiger partial charge in [0.25, 0.3) is 0 Å². The van der Waals surface area contributed by atoms with Gasteiger partial charge in [0.05, 0.1) is 6.07 Å². The Hall–Kier alpha value is -1.60. The van der Waals surface area contributed by atoms with Gasteiger partial charge >= 0.3 is 0 Å². The molecule has 0 amide bonds. The summed E-state index contributed by atoms with van der Waals surface area (Å²) in [6.07, 6.45) is 0.535. The van der Waals surface area contributed by atoms with Gasteiger partial charge in [-0.05, 0) is 36.6 Å². The summed E-state index contributed by atoms with van der Waals surface area (Å²) < 4.78 is 23.6. The van der Waals surface area contributed by atoms with E-state index >= 15 is 0 Å². The van der Waals surface area contributed by atoms with Crippen LogP contribution in [-0.4, -0.2) is 19.3 Å². The van der Waals surface area contributed by atoms with Crippen LogP contribution in [-0.2, 0) is 11.2 Å². The maximum absolute atomic E-state index is 13.0. The van der Waals surface area contributed by atoms with Crippen molar-refractivity contribution >= 4 is 0 Å². The van der Waals surface area contributed by atoms with Crippen LogP contribution in [0.15, 0.2) is 18.2 Å². The van der Waals surface area contributed by atoms with Crippen molar-refractivity contribution in [2.24, 2.45) is 0 Å². The van der Waals surface area contributed by atoms with Crippen LogP contribution in [0.3, 0.4) is 0 Å². The molecule has 1 heterocycles. The van der Waals surface area contributed by atoms with Crippen LogP contribution in [0.1, 0.15) is 12.0 Å². The molecule has 0 unspecified atom stereocenters. The molecule has 0 saturated heterocycles. The molecule has 4 heteroatoms. The first-order valence-electron chi connectivity index (χ1n) is 5.12. The van der Waals surface area contributed by atoms with Crippen molar-refractivity contribution in [3.05, 3.63) is 29.6 Å². The van der Waals surface area contributed by atoms with E-state index in [9.17, 15) is 4.39 Å². The number of nitriles is 1. The molecule has 0 saturated carbocycles. The molecule has 2 rings (SSSR count). The number of nitrogens with zero attached hydrogens (tertiary/aromatic N) is 1. The van der Waals surface area contributed by atoms with E-state index in [-0.39, 0.29) is 11.9 Å². The summed E-state index contributed by atoms with van der Waals surface area (Å²) in [7, 11) is 1.48. The fraction of sp³-hybridized carbons (Fsp3) is 0.417. The Morgan fingerprint density at radius 2 is 2.44 bits per heavy atom. The molecule has 0 aromatic heterocycles. The van der Waals surface area contributed by atoms with Crippen molar-refractivity contribution in [1.82, 2.24) is 0 Å². The van der Waals surface area contributed by atoms with Gasteiger partial charge in [-0.15, -0.1) is 0 Å². The molecule has 2 atom stereocenters. The summed E-state index contributed by atoms with van der Waals surface area (Å²) in [6, 6.07) is 6.47. The van der Waals surface area contributed by atoms with Gasteiger partial charge in [0.1, 0.15) is 17.7 Å². The standard InChI is InChI=1S/C12H12FNO2/c1-15-12(7-14)11-4-2-8-6-9(13)3-5-10(8)16-11/h3,5-6,11-12H,2,4H2,1H3/t11-,12-/m1/s1. The van der Waals surface area contributed by atoms with Crippen LogP contribution in [0.5, 0.6) is 5.75 Å². The first-order chi connectivity index (χ1) is 7.74. The number of aryl methyl sites for hydroxylation is 1. The van der Waals surface area contributed by atoms with Crippen LogP contribution in [0, 0.1) is 17.1 Å². The molecule has 1 aromatic rings. The zero-order valence-electron chi connectivity index (χ0n) is 8.94. The third-order valence-corrected chi connectivity index (χ3v) is 2.72. The second-order valence-electron chi connectivity index (χ2n) is 3.73. The highest BCUT2D eigenvalue weighted by Gasteiger charge is 2.27. The molecule has 1 aliphatic rings. The van der Waals surface area contributed by atoms with Crippen LogP contribution in [0.25, 0.3) is 0 Å². The Kier molecular flexibility index (Phi) is 3.07. The average molecular weight is 221 g/mol. The number of hydrogen-bond donors (Lipinski definition) is 0. The van der Waals surface area contributed by atoms with Crippen LogP contribution in [0.4, 0.5) is 4.39 Å². The van der Waals surface area contributed by atoms with E-state index in [1.807, 2.05) is 6.07 Å². The lowest BCUT2D eigenvalue weighted by Crippen LogP contribution is -2.35. The minimum absolute atomic E-state index is 0.260. The number of rotatable bonds is 2. The van der Waals surface area contributed by atoms with Gasteiger partial charge in [-0.25, -0.2) is 4.39 Å². The van der Waals surface area contributed by atoms with Gasteiger partial charge in [0, 0.05) is 7.11 Å². The maximum atomic E-state index is 13.0. The normalized spacial score (nSPS) is 20.4. The third-order valence-electron chi connectivity index (χ3n) is 2.72.